The molecule has 2 aromatic carbocycles. The zero-order valence-electron chi connectivity index (χ0n) is 12.4. The number of halogens is 3. The summed E-state index contributed by atoms with van der Waals surface area (Å²) in [6, 6.07) is 7.31. The molecule has 2 aromatic rings. The molecule has 1 amide bonds. The van der Waals surface area contributed by atoms with E-state index in [1.165, 1.54) is 12.1 Å². The highest BCUT2D eigenvalue weighted by molar-refractivity contribution is 9.11. The maximum atomic E-state index is 13.7. The van der Waals surface area contributed by atoms with Crippen LogP contribution in [-0.2, 0) is 0 Å². The molecule has 0 saturated heterocycles. The Morgan fingerprint density at radius 2 is 1.88 bits per heavy atom. The van der Waals surface area contributed by atoms with Gasteiger partial charge in [-0.25, -0.2) is 4.39 Å². The Kier molecular flexibility index (Phi) is 3.61. The van der Waals surface area contributed by atoms with Crippen molar-refractivity contribution in [1.82, 2.24) is 0 Å². The van der Waals surface area contributed by atoms with Gasteiger partial charge in [0.2, 0.25) is 0 Å². The quantitative estimate of drug-likeness (QED) is 0.680. The van der Waals surface area contributed by atoms with E-state index in [1.54, 1.807) is 23.1 Å². The number of benzene rings is 2. The summed E-state index contributed by atoms with van der Waals surface area (Å²) in [6.07, 6.45) is 1.74. The van der Waals surface area contributed by atoms with E-state index in [2.05, 4.69) is 31.9 Å². The average Bonchev–Trinajstić information content (AvgIpc) is 3.30. The van der Waals surface area contributed by atoms with Crippen LogP contribution in [0.1, 0.15) is 23.2 Å². The Morgan fingerprint density at radius 1 is 1.21 bits per heavy atom. The molecule has 24 heavy (non-hydrogen) atoms. The molecule has 0 unspecified atom stereocenters. The van der Waals surface area contributed by atoms with Crippen LogP contribution in [0.2, 0.25) is 0 Å². The van der Waals surface area contributed by atoms with Crippen molar-refractivity contribution in [2.24, 2.45) is 0 Å². The highest BCUT2D eigenvalue weighted by atomic mass is 79.9. The molecule has 7 heteroatoms. The summed E-state index contributed by atoms with van der Waals surface area (Å²) in [5.74, 6) is -0.142. The number of carbonyl (C=O) groups is 1. The van der Waals surface area contributed by atoms with Crippen molar-refractivity contribution in [3.05, 3.63) is 50.7 Å². The van der Waals surface area contributed by atoms with Crippen molar-refractivity contribution < 1.29 is 19.0 Å². The van der Waals surface area contributed by atoms with Gasteiger partial charge in [-0.2, -0.15) is 0 Å². The van der Waals surface area contributed by atoms with Crippen LogP contribution in [-0.4, -0.2) is 23.2 Å². The van der Waals surface area contributed by atoms with Crippen LogP contribution in [0.25, 0.3) is 0 Å². The first-order chi connectivity index (χ1) is 11.4. The highest BCUT2D eigenvalue weighted by Gasteiger charge is 2.51. The van der Waals surface area contributed by atoms with Crippen molar-refractivity contribution in [2.45, 2.75) is 18.4 Å². The fourth-order valence-corrected chi connectivity index (χ4v) is 4.04. The zero-order valence-corrected chi connectivity index (χ0v) is 15.5. The Bertz CT molecular complexity index is 844. The molecule has 1 fully saturated rings. The number of anilines is 1. The first kappa shape index (κ1) is 15.9. The molecule has 1 aliphatic carbocycles. The molecule has 1 spiro atoms. The third kappa shape index (κ3) is 2.59. The van der Waals surface area contributed by atoms with Crippen LogP contribution in [0, 0.1) is 5.82 Å². The topological polar surface area (TPSA) is 49.8 Å². The Hall–Kier alpha value is -1.60. The second-order valence-corrected chi connectivity index (χ2v) is 7.79. The summed E-state index contributed by atoms with van der Waals surface area (Å²) in [5.41, 5.74) is 0.462. The Labute approximate surface area is 154 Å². The minimum Gasteiger partial charge on any atom is -0.506 e. The summed E-state index contributed by atoms with van der Waals surface area (Å²) >= 11 is 6.46. The smallest absolute Gasteiger partial charge is 0.258 e. The van der Waals surface area contributed by atoms with Gasteiger partial charge in [0.15, 0.2) is 0 Å². The predicted octanol–water partition coefficient (Wildman–Crippen LogP) is 4.63. The van der Waals surface area contributed by atoms with Gasteiger partial charge in [-0.15, -0.1) is 0 Å². The predicted molar refractivity (Wildman–Crippen MR) is 94.2 cm³/mol. The van der Waals surface area contributed by atoms with E-state index in [4.69, 9.17) is 4.74 Å². The molecule has 0 atom stereocenters. The number of phenols is 1. The summed E-state index contributed by atoms with van der Waals surface area (Å²) in [5, 5.41) is 9.82. The first-order valence-electron chi connectivity index (χ1n) is 7.37. The van der Waals surface area contributed by atoms with Crippen LogP contribution >= 0.6 is 31.9 Å². The zero-order chi connectivity index (χ0) is 17.1. The van der Waals surface area contributed by atoms with Gasteiger partial charge in [-0.05, 0) is 69.0 Å². The van der Waals surface area contributed by atoms with Gasteiger partial charge in [0.05, 0.1) is 21.2 Å². The molecule has 4 rings (SSSR count). The van der Waals surface area contributed by atoms with Crippen LogP contribution in [0.4, 0.5) is 10.1 Å². The lowest BCUT2D eigenvalue weighted by atomic mass is 10.1. The molecule has 1 N–H and O–H groups in total. The molecule has 4 nitrogen and oxygen atoms in total. The number of phenolic OH excluding ortho intramolecular Hbond substituents is 1. The molecule has 1 heterocycles. The number of hydrogen-bond donors (Lipinski definition) is 1. The standard InChI is InChI=1S/C17H12Br2FNO3/c18-11-5-9(6-12(19)15(11)22)16(23)21-8-17(3-4-17)24-14-2-1-10(20)7-13(14)21/h1-2,5-7,22H,3-4,8H2. The molecule has 2 aliphatic rings. The van der Waals surface area contributed by atoms with E-state index in [-0.39, 0.29) is 17.3 Å². The summed E-state index contributed by atoms with van der Waals surface area (Å²) < 4.78 is 20.5. The van der Waals surface area contributed by atoms with Crippen LogP contribution in [0.5, 0.6) is 11.5 Å². The van der Waals surface area contributed by atoms with Crippen LogP contribution in [0.3, 0.4) is 0 Å². The van der Waals surface area contributed by atoms with Gasteiger partial charge in [-0.1, -0.05) is 0 Å². The van der Waals surface area contributed by atoms with E-state index in [0.29, 0.717) is 32.5 Å². The third-order valence-electron chi connectivity index (χ3n) is 4.30. The maximum Gasteiger partial charge on any atom is 0.258 e. The molecule has 0 bridgehead atoms. The second-order valence-electron chi connectivity index (χ2n) is 6.08. The van der Waals surface area contributed by atoms with E-state index in [1.807, 2.05) is 0 Å². The first-order valence-corrected chi connectivity index (χ1v) is 8.96. The largest absolute Gasteiger partial charge is 0.506 e. The minimum atomic E-state index is -0.421. The Balaban J connectivity index is 1.78. The van der Waals surface area contributed by atoms with Gasteiger partial charge in [0.25, 0.3) is 5.91 Å². The normalized spacial score (nSPS) is 17.4. The van der Waals surface area contributed by atoms with Crippen molar-refractivity contribution in [3.63, 3.8) is 0 Å². The summed E-state index contributed by atoms with van der Waals surface area (Å²) in [4.78, 5) is 14.6. The van der Waals surface area contributed by atoms with Gasteiger partial charge in [-0.3, -0.25) is 4.79 Å². The minimum absolute atomic E-state index is 0.0265. The number of amides is 1. The van der Waals surface area contributed by atoms with Crippen molar-refractivity contribution in [2.75, 3.05) is 11.4 Å². The number of nitrogens with zero attached hydrogens (tertiary/aromatic N) is 1. The number of fused-ring (bicyclic) bond motifs is 1. The number of rotatable bonds is 1. The number of aromatic hydroxyl groups is 1. The lowest BCUT2D eigenvalue weighted by Gasteiger charge is -2.35. The monoisotopic (exact) mass is 455 g/mol. The molecular weight excluding hydrogens is 445 g/mol. The van der Waals surface area contributed by atoms with Crippen molar-refractivity contribution in [3.8, 4) is 11.5 Å². The fraction of sp³-hybridized carbons (Fsp3) is 0.235. The number of carbonyl (C=O) groups excluding carboxylic acids is 1. The lowest BCUT2D eigenvalue weighted by molar-refractivity contribution is 0.0943. The van der Waals surface area contributed by atoms with E-state index < -0.39 is 5.82 Å². The van der Waals surface area contributed by atoms with Gasteiger partial charge < -0.3 is 14.7 Å². The fourth-order valence-electron chi connectivity index (χ4n) is 2.85. The van der Waals surface area contributed by atoms with E-state index in [0.717, 1.165) is 12.8 Å². The van der Waals surface area contributed by atoms with E-state index in [9.17, 15) is 14.3 Å². The third-order valence-corrected chi connectivity index (χ3v) is 5.51. The molecular formula is C17H12Br2FNO3. The second kappa shape index (κ2) is 5.46. The van der Waals surface area contributed by atoms with Gasteiger partial charge in [0, 0.05) is 11.6 Å². The molecule has 1 aliphatic heterocycles. The van der Waals surface area contributed by atoms with Crippen LogP contribution < -0.4 is 9.64 Å². The molecule has 1 saturated carbocycles. The average molecular weight is 457 g/mol. The summed E-state index contributed by atoms with van der Waals surface area (Å²) in [7, 11) is 0. The molecule has 0 aromatic heterocycles. The lowest BCUT2D eigenvalue weighted by Crippen LogP contribution is -2.45. The van der Waals surface area contributed by atoms with Gasteiger partial charge in [0.1, 0.15) is 22.9 Å². The van der Waals surface area contributed by atoms with Gasteiger partial charge >= 0.3 is 0 Å². The molecule has 0 radical (unpaired) electrons. The highest BCUT2D eigenvalue weighted by Crippen LogP contribution is 2.49. The maximum absolute atomic E-state index is 13.7. The van der Waals surface area contributed by atoms with Crippen LogP contribution in [0.15, 0.2) is 39.3 Å². The van der Waals surface area contributed by atoms with Crippen molar-refractivity contribution in [1.29, 1.82) is 0 Å². The number of hydrogen-bond acceptors (Lipinski definition) is 3. The van der Waals surface area contributed by atoms with E-state index >= 15 is 0 Å². The summed E-state index contributed by atoms with van der Waals surface area (Å²) in [6.45, 7) is 0.387. The SMILES string of the molecule is O=C(c1cc(Br)c(O)c(Br)c1)N1CC2(CC2)Oc2ccc(F)cc21. The van der Waals surface area contributed by atoms with Crippen molar-refractivity contribution >= 4 is 43.5 Å². The molecule has 124 valence electrons. The number of ether oxygens (including phenoxy) is 1. The Morgan fingerprint density at radius 3 is 2.50 bits per heavy atom.